The summed E-state index contributed by atoms with van der Waals surface area (Å²) in [6.07, 6.45) is 13.9. The number of carbonyl (C=O) groups excluding carboxylic acids is 1. The number of nitrogens with zero attached hydrogens (tertiary/aromatic N) is 4. The van der Waals surface area contributed by atoms with Crippen LogP contribution in [0.2, 0.25) is 0 Å². The molecule has 1 aromatic heterocycles. The van der Waals surface area contributed by atoms with Crippen molar-refractivity contribution in [2.45, 2.75) is 66.7 Å². The SMILES string of the molecule is CCC(/C(C)=C1\C=CCC(C(=O)C2CC2)C1=NC)[C@@H](C)CN1CCN(CC2=CC=C(c3onc(C)c3C)C2)CC1. The van der Waals surface area contributed by atoms with Gasteiger partial charge >= 0.3 is 0 Å². The minimum absolute atomic E-state index is 0.0431. The van der Waals surface area contributed by atoms with Crippen LogP contribution in [-0.2, 0) is 4.79 Å². The van der Waals surface area contributed by atoms with Crippen molar-refractivity contribution >= 4 is 17.1 Å². The highest BCUT2D eigenvalue weighted by molar-refractivity contribution is 6.16. The van der Waals surface area contributed by atoms with E-state index in [1.54, 1.807) is 0 Å². The van der Waals surface area contributed by atoms with Gasteiger partial charge in [-0.1, -0.05) is 54.5 Å². The normalized spacial score (nSPS) is 26.1. The third kappa shape index (κ3) is 6.18. The number of aryl methyl sites for hydroxylation is 1. The van der Waals surface area contributed by atoms with Crippen molar-refractivity contribution in [2.75, 3.05) is 46.3 Å². The maximum atomic E-state index is 13.0. The molecule has 3 aliphatic carbocycles. The number of rotatable bonds is 10. The van der Waals surface area contributed by atoms with Crippen molar-refractivity contribution in [3.05, 3.63) is 58.0 Å². The largest absolute Gasteiger partial charge is 0.356 e. The minimum atomic E-state index is -0.0431. The number of ketones is 1. The number of aromatic nitrogens is 1. The van der Waals surface area contributed by atoms with E-state index >= 15 is 0 Å². The van der Waals surface area contributed by atoms with Crippen molar-refractivity contribution < 1.29 is 9.32 Å². The van der Waals surface area contributed by atoms with Crippen molar-refractivity contribution in [3.63, 3.8) is 0 Å². The molecule has 216 valence electrons. The van der Waals surface area contributed by atoms with E-state index in [2.05, 4.69) is 71.9 Å². The molecule has 1 aliphatic heterocycles. The van der Waals surface area contributed by atoms with Gasteiger partial charge in [0, 0.05) is 63.4 Å². The van der Waals surface area contributed by atoms with Crippen LogP contribution in [0.1, 0.15) is 69.9 Å². The summed E-state index contributed by atoms with van der Waals surface area (Å²) in [6.45, 7) is 17.7. The topological polar surface area (TPSA) is 61.9 Å². The number of hydrogen-bond acceptors (Lipinski definition) is 6. The lowest BCUT2D eigenvalue weighted by Crippen LogP contribution is -2.48. The zero-order chi connectivity index (χ0) is 28.4. The molecule has 1 saturated carbocycles. The zero-order valence-corrected chi connectivity index (χ0v) is 25.5. The summed E-state index contributed by atoms with van der Waals surface area (Å²) >= 11 is 0. The second-order valence-electron chi connectivity index (χ2n) is 12.6. The van der Waals surface area contributed by atoms with Crippen LogP contribution in [0.3, 0.4) is 0 Å². The molecule has 0 bridgehead atoms. The number of piperazine rings is 1. The molecule has 1 saturated heterocycles. The van der Waals surface area contributed by atoms with Crippen molar-refractivity contribution in [1.82, 2.24) is 15.0 Å². The third-order valence-electron chi connectivity index (χ3n) is 9.76. The van der Waals surface area contributed by atoms with Crippen molar-refractivity contribution in [1.29, 1.82) is 0 Å². The number of aliphatic imine (C=N–C) groups is 1. The Balaban J connectivity index is 1.13. The van der Waals surface area contributed by atoms with E-state index in [-0.39, 0.29) is 11.8 Å². The van der Waals surface area contributed by atoms with Gasteiger partial charge in [0.15, 0.2) is 5.76 Å². The Morgan fingerprint density at radius 1 is 1.15 bits per heavy atom. The Morgan fingerprint density at radius 3 is 2.50 bits per heavy atom. The average Bonchev–Trinajstić information content (AvgIpc) is 3.63. The molecular formula is C34H48N4O2. The average molecular weight is 545 g/mol. The van der Waals surface area contributed by atoms with Gasteiger partial charge < -0.3 is 9.42 Å². The second-order valence-corrected chi connectivity index (χ2v) is 12.6. The smallest absolute Gasteiger partial charge is 0.166 e. The van der Waals surface area contributed by atoms with Crippen LogP contribution in [0.25, 0.3) is 5.57 Å². The highest BCUT2D eigenvalue weighted by atomic mass is 16.5. The summed E-state index contributed by atoms with van der Waals surface area (Å²) in [5.41, 5.74) is 8.52. The molecule has 1 aromatic rings. The van der Waals surface area contributed by atoms with Crippen LogP contribution < -0.4 is 0 Å². The summed E-state index contributed by atoms with van der Waals surface area (Å²) in [6, 6.07) is 0. The molecule has 5 rings (SSSR count). The minimum Gasteiger partial charge on any atom is -0.356 e. The molecule has 0 radical (unpaired) electrons. The third-order valence-corrected chi connectivity index (χ3v) is 9.76. The predicted molar refractivity (Wildman–Crippen MR) is 164 cm³/mol. The lowest BCUT2D eigenvalue weighted by molar-refractivity contribution is -0.122. The molecule has 6 nitrogen and oxygen atoms in total. The lowest BCUT2D eigenvalue weighted by atomic mass is 9.76. The molecule has 2 unspecified atom stereocenters. The van der Waals surface area contributed by atoms with Crippen LogP contribution in [0, 0.1) is 37.5 Å². The molecule has 0 N–H and O–H groups in total. The summed E-state index contributed by atoms with van der Waals surface area (Å²) in [5, 5.41) is 4.14. The first-order valence-corrected chi connectivity index (χ1v) is 15.4. The van der Waals surface area contributed by atoms with E-state index in [1.165, 1.54) is 22.3 Å². The van der Waals surface area contributed by atoms with Crippen molar-refractivity contribution in [2.24, 2.45) is 28.7 Å². The Bertz CT molecular complexity index is 1250. The Morgan fingerprint density at radius 2 is 1.88 bits per heavy atom. The fourth-order valence-corrected chi connectivity index (χ4v) is 7.07. The van der Waals surface area contributed by atoms with Gasteiger partial charge in [0.2, 0.25) is 0 Å². The maximum Gasteiger partial charge on any atom is 0.166 e. The predicted octanol–water partition coefficient (Wildman–Crippen LogP) is 6.23. The fourth-order valence-electron chi connectivity index (χ4n) is 7.07. The Labute approximate surface area is 241 Å². The number of allylic oxidation sites excluding steroid dienone is 7. The van der Waals surface area contributed by atoms with Gasteiger partial charge in [-0.15, -0.1) is 0 Å². The molecule has 0 amide bonds. The molecule has 40 heavy (non-hydrogen) atoms. The molecule has 6 heteroatoms. The van der Waals surface area contributed by atoms with Crippen molar-refractivity contribution in [3.8, 4) is 0 Å². The molecule has 4 aliphatic rings. The van der Waals surface area contributed by atoms with Gasteiger partial charge in [-0.05, 0) is 70.3 Å². The highest BCUT2D eigenvalue weighted by Gasteiger charge is 2.38. The number of carbonyl (C=O) groups is 1. The van der Waals surface area contributed by atoms with E-state index in [9.17, 15) is 4.79 Å². The Kier molecular flexibility index (Phi) is 9.06. The molecule has 2 heterocycles. The van der Waals surface area contributed by atoms with Gasteiger partial charge in [0.25, 0.3) is 0 Å². The highest BCUT2D eigenvalue weighted by Crippen LogP contribution is 2.38. The van der Waals surface area contributed by atoms with Crippen LogP contribution in [0.4, 0.5) is 0 Å². The Hall–Kier alpha value is -2.57. The van der Waals surface area contributed by atoms with E-state index < -0.39 is 0 Å². The van der Waals surface area contributed by atoms with E-state index in [4.69, 9.17) is 4.52 Å². The molecule has 0 aromatic carbocycles. The zero-order valence-electron chi connectivity index (χ0n) is 25.5. The van der Waals surface area contributed by atoms with E-state index in [1.807, 2.05) is 14.0 Å². The van der Waals surface area contributed by atoms with Crippen LogP contribution >= 0.6 is 0 Å². The molecule has 3 atom stereocenters. The molecule has 2 fully saturated rings. The fraction of sp³-hybridized carbons (Fsp3) is 0.618. The van der Waals surface area contributed by atoms with Gasteiger partial charge in [-0.25, -0.2) is 0 Å². The number of Topliss-reactive ketones (excluding diaryl/α,β-unsaturated/α-hetero) is 1. The standard InChI is InChI=1S/C34H48N4O2/c1-7-29(24(4)30-9-8-10-31(32(30)35-6)33(39)27-13-14-27)22(2)20-37-15-17-38(18-16-37)21-26-11-12-28(19-26)34-23(3)25(5)36-40-34/h8-9,11-12,22,27,29,31H,7,10,13-21H2,1-6H3/b30-24+,35-32?/t22-,29?,31?/m0/s1. The summed E-state index contributed by atoms with van der Waals surface area (Å²) in [7, 11) is 1.87. The first-order valence-electron chi connectivity index (χ1n) is 15.4. The molecule has 0 spiro atoms. The lowest BCUT2D eigenvalue weighted by Gasteiger charge is -2.38. The van der Waals surface area contributed by atoms with Gasteiger partial charge in [-0.2, -0.15) is 0 Å². The maximum absolute atomic E-state index is 13.0. The van der Waals surface area contributed by atoms with Crippen LogP contribution in [0.15, 0.2) is 50.5 Å². The molecular weight excluding hydrogens is 496 g/mol. The quantitative estimate of drug-likeness (QED) is 0.350. The first kappa shape index (κ1) is 28.9. The van der Waals surface area contributed by atoms with Crippen LogP contribution in [-0.4, -0.2) is 72.8 Å². The first-order chi connectivity index (χ1) is 19.3. The summed E-state index contributed by atoms with van der Waals surface area (Å²) < 4.78 is 5.59. The van der Waals surface area contributed by atoms with E-state index in [0.29, 0.717) is 17.6 Å². The van der Waals surface area contributed by atoms with Gasteiger partial charge in [0.05, 0.1) is 17.3 Å². The number of hydrogen-bond donors (Lipinski definition) is 0. The van der Waals surface area contributed by atoms with Gasteiger partial charge in [-0.3, -0.25) is 14.7 Å². The van der Waals surface area contributed by atoms with Gasteiger partial charge in [0.1, 0.15) is 5.78 Å². The monoisotopic (exact) mass is 544 g/mol. The summed E-state index contributed by atoms with van der Waals surface area (Å²) in [4.78, 5) is 22.9. The van der Waals surface area contributed by atoms with Crippen LogP contribution in [0.5, 0.6) is 0 Å². The second kappa shape index (κ2) is 12.5. The van der Waals surface area contributed by atoms with E-state index in [0.717, 1.165) is 94.1 Å². The summed E-state index contributed by atoms with van der Waals surface area (Å²) in [5.74, 6) is 2.63.